The number of ether oxygens (including phenoxy) is 3. The molecule has 66 heavy (non-hydrogen) atoms. The van der Waals surface area contributed by atoms with Crippen molar-refractivity contribution in [3.05, 3.63) is 107 Å². The number of nitrogens with one attached hydrogen (secondary N) is 5. The topological polar surface area (TPSA) is 237 Å². The quantitative estimate of drug-likeness (QED) is 0.0806. The number of ketones is 1. The van der Waals surface area contributed by atoms with Gasteiger partial charge in [0.1, 0.15) is 42.0 Å². The maximum Gasteiger partial charge on any atom is 0.308 e. The van der Waals surface area contributed by atoms with Crippen LogP contribution in [0.25, 0.3) is 10.9 Å². The van der Waals surface area contributed by atoms with Crippen molar-refractivity contribution in [2.45, 2.75) is 83.1 Å². The van der Waals surface area contributed by atoms with Gasteiger partial charge in [-0.3, -0.25) is 38.4 Å². The molecule has 0 aliphatic heterocycles. The number of hydrogen-bond donors (Lipinski definition) is 5. The van der Waals surface area contributed by atoms with Crippen molar-refractivity contribution >= 4 is 58.2 Å². The number of methoxy groups -OCH3 is 2. The normalized spacial score (nSPS) is 14.5. The first-order valence-electron chi connectivity index (χ1n) is 21.1. The number of pyridine rings is 1. The minimum absolute atomic E-state index is 0.0367. The number of rotatable bonds is 20. The first-order valence-corrected chi connectivity index (χ1v) is 21.1. The predicted octanol–water partition coefficient (Wildman–Crippen LogP) is 2.81. The summed E-state index contributed by atoms with van der Waals surface area (Å²) < 4.78 is 43.3. The summed E-state index contributed by atoms with van der Waals surface area (Å²) in [6, 6.07) is 14.3. The second-order valence-corrected chi connectivity index (χ2v) is 16.5. The molecule has 0 spiro atoms. The molecule has 0 bridgehead atoms. The fourth-order valence-corrected chi connectivity index (χ4v) is 7.34. The van der Waals surface area contributed by atoms with Gasteiger partial charge in [0.05, 0.1) is 32.6 Å². The summed E-state index contributed by atoms with van der Waals surface area (Å²) in [4.78, 5) is 113. The number of aromatic nitrogens is 1. The van der Waals surface area contributed by atoms with Crippen LogP contribution in [0.3, 0.4) is 0 Å². The predicted molar refractivity (Wildman–Crippen MR) is 233 cm³/mol. The van der Waals surface area contributed by atoms with Crippen molar-refractivity contribution in [2.75, 3.05) is 20.8 Å². The molecule has 0 saturated carbocycles. The zero-order valence-electron chi connectivity index (χ0n) is 37.2. The van der Waals surface area contributed by atoms with Crippen LogP contribution in [0.1, 0.15) is 62.2 Å². The van der Waals surface area contributed by atoms with E-state index < -0.39 is 126 Å². The van der Waals surface area contributed by atoms with Crippen LogP contribution in [-0.2, 0) is 55.9 Å². The molecule has 19 heteroatoms. The second-order valence-electron chi connectivity index (χ2n) is 16.5. The number of amides is 5. The van der Waals surface area contributed by atoms with E-state index in [-0.39, 0.29) is 18.5 Å². The van der Waals surface area contributed by atoms with Crippen molar-refractivity contribution < 1.29 is 61.3 Å². The van der Waals surface area contributed by atoms with E-state index in [2.05, 4.69) is 31.6 Å². The molecule has 5 amide bonds. The lowest BCUT2D eigenvalue weighted by molar-refractivity contribution is -0.145. The Kier molecular flexibility index (Phi) is 16.6. The number of hydrogen-bond acceptors (Lipinski definition) is 12. The maximum atomic E-state index is 14.5. The van der Waals surface area contributed by atoms with Crippen LogP contribution < -0.4 is 31.3 Å². The van der Waals surface area contributed by atoms with Crippen LogP contribution in [0.2, 0.25) is 0 Å². The van der Waals surface area contributed by atoms with E-state index in [1.807, 2.05) is 12.1 Å². The Morgan fingerprint density at radius 3 is 1.79 bits per heavy atom. The molecule has 5 N–H and O–H groups in total. The fourth-order valence-electron chi connectivity index (χ4n) is 7.34. The third kappa shape index (κ3) is 12.3. The average molecular weight is 915 g/mol. The molecule has 1 heterocycles. The number of Topliss-reactive ketones (excluding diaryl/α,β-unsaturated/α-hetero) is 1. The molecular formula is C47H52F2N6O11. The highest BCUT2D eigenvalue weighted by Crippen LogP contribution is 2.31. The lowest BCUT2D eigenvalue weighted by Gasteiger charge is -2.34. The second kappa shape index (κ2) is 22.1. The molecule has 350 valence electrons. The highest BCUT2D eigenvalue weighted by Gasteiger charge is 2.48. The number of carbonyl (C=O) groups is 8. The Balaban J connectivity index is 1.36. The molecule has 3 aromatic carbocycles. The van der Waals surface area contributed by atoms with Gasteiger partial charge in [0, 0.05) is 18.2 Å². The zero-order valence-corrected chi connectivity index (χ0v) is 37.2. The Bertz CT molecular complexity index is 2450. The summed E-state index contributed by atoms with van der Waals surface area (Å²) >= 11 is 0. The zero-order chi connectivity index (χ0) is 48.3. The van der Waals surface area contributed by atoms with E-state index in [0.29, 0.717) is 16.6 Å². The van der Waals surface area contributed by atoms with Gasteiger partial charge in [-0.1, -0.05) is 82.3 Å². The lowest BCUT2D eigenvalue weighted by atomic mass is 9.91. The number of nitrogens with zero attached hydrogens (tertiary/aromatic N) is 1. The van der Waals surface area contributed by atoms with Crippen molar-refractivity contribution in [1.29, 1.82) is 0 Å². The van der Waals surface area contributed by atoms with Gasteiger partial charge in [0.25, 0.3) is 5.91 Å². The number of esters is 2. The molecule has 17 nitrogen and oxygen atoms in total. The summed E-state index contributed by atoms with van der Waals surface area (Å²) in [6.45, 7) is 5.56. The van der Waals surface area contributed by atoms with Crippen LogP contribution in [0.15, 0.2) is 78.9 Å². The van der Waals surface area contributed by atoms with Gasteiger partial charge in [-0.2, -0.15) is 0 Å². The average Bonchev–Trinajstić information content (AvgIpc) is 3.67. The Morgan fingerprint density at radius 2 is 1.20 bits per heavy atom. The number of fused-ring (bicyclic) bond motifs is 2. The first kappa shape index (κ1) is 49.7. The van der Waals surface area contributed by atoms with Crippen molar-refractivity contribution in [2.24, 2.45) is 11.8 Å². The monoisotopic (exact) mass is 914 g/mol. The van der Waals surface area contributed by atoms with E-state index in [1.54, 1.807) is 70.2 Å². The molecule has 1 aliphatic carbocycles. The summed E-state index contributed by atoms with van der Waals surface area (Å²) in [5, 5.41) is 13.8. The van der Waals surface area contributed by atoms with Gasteiger partial charge in [-0.25, -0.2) is 13.8 Å². The van der Waals surface area contributed by atoms with E-state index in [1.165, 1.54) is 6.07 Å². The largest absolute Gasteiger partial charge is 0.480 e. The Morgan fingerprint density at radius 1 is 0.636 bits per heavy atom. The SMILES string of the molecule is COC(=O)CC(NC(=O)C1(NC(=O)[C@@H](NC(=O)[C@H](CC(=O)OC)NC(=O)[C@@H](NC(=O)c2ccc3ccccc3n2)C(C)C)C(C)C)Cc2ccccc2C1)C(=O)COc1c(F)cccc1F. The highest BCUT2D eigenvalue weighted by atomic mass is 19.1. The number of para-hydroxylation sites is 2. The molecule has 1 unspecified atom stereocenters. The lowest BCUT2D eigenvalue weighted by Crippen LogP contribution is -2.66. The van der Waals surface area contributed by atoms with Gasteiger partial charge in [0.2, 0.25) is 23.6 Å². The molecule has 0 radical (unpaired) electrons. The van der Waals surface area contributed by atoms with Crippen molar-refractivity contribution in [3.63, 3.8) is 0 Å². The van der Waals surface area contributed by atoms with Crippen molar-refractivity contribution in [3.8, 4) is 5.75 Å². The maximum absolute atomic E-state index is 14.5. The fraction of sp³-hybridized carbons (Fsp3) is 0.383. The number of benzene rings is 3. The summed E-state index contributed by atoms with van der Waals surface area (Å²) in [7, 11) is 2.14. The first-order chi connectivity index (χ1) is 31.4. The molecule has 4 atom stereocenters. The number of carbonyl (C=O) groups excluding carboxylic acids is 8. The van der Waals surface area contributed by atoms with Gasteiger partial charge in [0.15, 0.2) is 23.2 Å². The summed E-state index contributed by atoms with van der Waals surface area (Å²) in [5.74, 6) is -11.2. The molecule has 1 aliphatic rings. The minimum Gasteiger partial charge on any atom is -0.480 e. The van der Waals surface area contributed by atoms with Gasteiger partial charge in [-0.15, -0.1) is 0 Å². The molecule has 1 aromatic heterocycles. The van der Waals surface area contributed by atoms with E-state index in [0.717, 1.165) is 37.8 Å². The van der Waals surface area contributed by atoms with E-state index in [9.17, 15) is 47.1 Å². The molecular weight excluding hydrogens is 863 g/mol. The Labute approximate surface area is 379 Å². The van der Waals surface area contributed by atoms with Crippen LogP contribution in [0, 0.1) is 23.5 Å². The number of halogens is 2. The third-order valence-corrected chi connectivity index (χ3v) is 11.0. The summed E-state index contributed by atoms with van der Waals surface area (Å²) in [6.07, 6.45) is -1.59. The minimum atomic E-state index is -1.83. The van der Waals surface area contributed by atoms with Crippen LogP contribution in [-0.4, -0.2) is 103 Å². The van der Waals surface area contributed by atoms with Gasteiger partial charge in [-0.05, 0) is 47.2 Å². The van der Waals surface area contributed by atoms with Crippen LogP contribution >= 0.6 is 0 Å². The Hall–Kier alpha value is -7.31. The standard InChI is InChI=1S/C47H52F2N6O11/c1-25(2)39(53-42(59)33-19-18-27-12-9-10-17-32(27)50-33)44(61)51-35(21-38(58)65-6)43(60)54-40(26(3)4)45(62)55-47(22-28-13-7-8-14-29(28)23-47)46(63)52-34(20-37(57)64-5)36(56)24-66-41-30(48)15-11-16-31(41)49/h7-19,25-26,34-35,39-40H,20-24H2,1-6H3,(H,51,61)(H,52,63)(H,53,59)(H,54,60)(H,55,62)/t34?,35-,39-,40-/m0/s1. The highest BCUT2D eigenvalue weighted by molar-refractivity contribution is 6.01. The third-order valence-electron chi connectivity index (χ3n) is 11.0. The van der Waals surface area contributed by atoms with E-state index >= 15 is 0 Å². The van der Waals surface area contributed by atoms with Crippen molar-refractivity contribution in [1.82, 2.24) is 31.6 Å². The van der Waals surface area contributed by atoms with E-state index in [4.69, 9.17) is 14.2 Å². The molecule has 0 fully saturated rings. The summed E-state index contributed by atoms with van der Waals surface area (Å²) in [5.41, 5.74) is 0.0919. The molecule has 5 rings (SSSR count). The molecule has 4 aromatic rings. The van der Waals surface area contributed by atoms with Gasteiger partial charge < -0.3 is 40.8 Å². The molecule has 0 saturated heterocycles. The van der Waals surface area contributed by atoms with Crippen LogP contribution in [0.5, 0.6) is 5.75 Å². The van der Waals surface area contributed by atoms with Crippen LogP contribution in [0.4, 0.5) is 8.78 Å². The smallest absolute Gasteiger partial charge is 0.308 e. The van der Waals surface area contributed by atoms with Gasteiger partial charge >= 0.3 is 11.9 Å².